The monoisotopic (exact) mass is 232 g/mol. The number of rotatable bonds is 3. The van der Waals surface area contributed by atoms with Gasteiger partial charge < -0.3 is 11.1 Å². The maximum Gasteiger partial charge on any atom is 0.0614 e. The van der Waals surface area contributed by atoms with Crippen molar-refractivity contribution in [1.82, 2.24) is 5.32 Å². The van der Waals surface area contributed by atoms with Crippen molar-refractivity contribution in [3.05, 3.63) is 35.9 Å². The van der Waals surface area contributed by atoms with Gasteiger partial charge in [-0.1, -0.05) is 50.1 Å². The molecule has 1 fully saturated rings. The molecule has 0 amide bonds. The molecule has 0 heterocycles. The standard InChI is InChI=1S/C15H24N2/c1-3-14(16)11-7-8-12-15(14,17-2)13-9-5-4-6-10-13/h4-6,9-10,17H,3,7-8,11-12,16H2,1-2H3. The summed E-state index contributed by atoms with van der Waals surface area (Å²) in [5, 5.41) is 3.55. The van der Waals surface area contributed by atoms with Crippen molar-refractivity contribution in [1.29, 1.82) is 0 Å². The lowest BCUT2D eigenvalue weighted by Gasteiger charge is -2.52. The van der Waals surface area contributed by atoms with Crippen molar-refractivity contribution in [2.24, 2.45) is 5.73 Å². The van der Waals surface area contributed by atoms with Gasteiger partial charge in [-0.3, -0.25) is 0 Å². The van der Waals surface area contributed by atoms with Crippen molar-refractivity contribution < 1.29 is 0 Å². The summed E-state index contributed by atoms with van der Waals surface area (Å²) >= 11 is 0. The molecule has 1 aromatic rings. The van der Waals surface area contributed by atoms with Gasteiger partial charge in [-0.2, -0.15) is 0 Å². The highest BCUT2D eigenvalue weighted by molar-refractivity contribution is 5.30. The van der Waals surface area contributed by atoms with Gasteiger partial charge in [0.1, 0.15) is 0 Å². The Labute approximate surface area is 105 Å². The van der Waals surface area contributed by atoms with E-state index in [4.69, 9.17) is 5.73 Å². The summed E-state index contributed by atoms with van der Waals surface area (Å²) in [5.41, 5.74) is 7.88. The summed E-state index contributed by atoms with van der Waals surface area (Å²) in [6, 6.07) is 10.7. The van der Waals surface area contributed by atoms with Crippen LogP contribution in [-0.2, 0) is 5.54 Å². The SMILES string of the molecule is CCC1(N)CCCCC1(NC)c1ccccc1. The fourth-order valence-corrected chi connectivity index (χ4v) is 3.44. The predicted octanol–water partition coefficient (Wildman–Crippen LogP) is 2.78. The lowest BCUT2D eigenvalue weighted by Crippen LogP contribution is -2.65. The van der Waals surface area contributed by atoms with Crippen molar-refractivity contribution in [2.45, 2.75) is 50.1 Å². The van der Waals surface area contributed by atoms with Gasteiger partial charge in [0.25, 0.3) is 0 Å². The highest BCUT2D eigenvalue weighted by Crippen LogP contribution is 2.44. The summed E-state index contributed by atoms with van der Waals surface area (Å²) in [4.78, 5) is 0. The van der Waals surface area contributed by atoms with Crippen LogP contribution in [0.1, 0.15) is 44.6 Å². The van der Waals surface area contributed by atoms with Crippen molar-refractivity contribution in [3.63, 3.8) is 0 Å². The number of benzene rings is 1. The summed E-state index contributed by atoms with van der Waals surface area (Å²) < 4.78 is 0. The van der Waals surface area contributed by atoms with E-state index >= 15 is 0 Å². The molecule has 1 saturated carbocycles. The smallest absolute Gasteiger partial charge is 0.0614 e. The molecule has 1 aliphatic carbocycles. The summed E-state index contributed by atoms with van der Waals surface area (Å²) in [7, 11) is 2.05. The molecule has 2 rings (SSSR count). The van der Waals surface area contributed by atoms with Gasteiger partial charge in [-0.15, -0.1) is 0 Å². The number of hydrogen-bond acceptors (Lipinski definition) is 2. The molecule has 0 aromatic heterocycles. The highest BCUT2D eigenvalue weighted by atomic mass is 15.0. The predicted molar refractivity (Wildman–Crippen MR) is 72.9 cm³/mol. The first-order valence-corrected chi connectivity index (χ1v) is 6.72. The molecule has 0 spiro atoms. The van der Waals surface area contributed by atoms with Crippen LogP contribution in [0.2, 0.25) is 0 Å². The van der Waals surface area contributed by atoms with Crippen LogP contribution in [0.25, 0.3) is 0 Å². The van der Waals surface area contributed by atoms with Crippen LogP contribution < -0.4 is 11.1 Å². The van der Waals surface area contributed by atoms with E-state index in [9.17, 15) is 0 Å². The molecule has 2 nitrogen and oxygen atoms in total. The molecule has 17 heavy (non-hydrogen) atoms. The molecule has 1 aromatic carbocycles. The fraction of sp³-hybridized carbons (Fsp3) is 0.600. The Bertz CT molecular complexity index is 362. The first kappa shape index (κ1) is 12.6. The number of likely N-dealkylation sites (N-methyl/N-ethyl adjacent to an activating group) is 1. The summed E-state index contributed by atoms with van der Waals surface area (Å²) in [6.07, 6.45) is 5.77. The third kappa shape index (κ3) is 1.90. The van der Waals surface area contributed by atoms with Crippen LogP contribution in [0.5, 0.6) is 0 Å². The van der Waals surface area contributed by atoms with Gasteiger partial charge in [0.2, 0.25) is 0 Å². The molecule has 0 bridgehead atoms. The average molecular weight is 232 g/mol. The third-order valence-electron chi connectivity index (χ3n) is 4.60. The lowest BCUT2D eigenvalue weighted by molar-refractivity contribution is 0.108. The van der Waals surface area contributed by atoms with Crippen molar-refractivity contribution >= 4 is 0 Å². The summed E-state index contributed by atoms with van der Waals surface area (Å²) in [6.45, 7) is 2.21. The Morgan fingerprint density at radius 3 is 2.41 bits per heavy atom. The zero-order valence-electron chi connectivity index (χ0n) is 11.0. The lowest BCUT2D eigenvalue weighted by atomic mass is 9.63. The Morgan fingerprint density at radius 1 is 1.18 bits per heavy atom. The fourth-order valence-electron chi connectivity index (χ4n) is 3.44. The molecule has 1 aliphatic rings. The first-order valence-electron chi connectivity index (χ1n) is 6.72. The maximum absolute atomic E-state index is 6.72. The van der Waals surface area contributed by atoms with E-state index in [-0.39, 0.29) is 11.1 Å². The molecular formula is C15H24N2. The first-order chi connectivity index (χ1) is 8.18. The van der Waals surface area contributed by atoms with Crippen LogP contribution in [0, 0.1) is 0 Å². The molecule has 0 aliphatic heterocycles. The Balaban J connectivity index is 2.47. The molecule has 2 heteroatoms. The van der Waals surface area contributed by atoms with E-state index in [2.05, 4.69) is 49.6 Å². The highest BCUT2D eigenvalue weighted by Gasteiger charge is 2.49. The molecular weight excluding hydrogens is 208 g/mol. The minimum absolute atomic E-state index is 0.0543. The average Bonchev–Trinajstić information content (AvgIpc) is 2.40. The third-order valence-corrected chi connectivity index (χ3v) is 4.60. The quantitative estimate of drug-likeness (QED) is 0.841. The van der Waals surface area contributed by atoms with Gasteiger partial charge >= 0.3 is 0 Å². The molecule has 94 valence electrons. The topological polar surface area (TPSA) is 38.0 Å². The van der Waals surface area contributed by atoms with E-state index in [1.807, 2.05) is 0 Å². The minimum Gasteiger partial charge on any atom is -0.323 e. The maximum atomic E-state index is 6.72. The zero-order chi connectivity index (χ0) is 12.4. The largest absolute Gasteiger partial charge is 0.323 e. The van der Waals surface area contributed by atoms with Crippen molar-refractivity contribution in [3.8, 4) is 0 Å². The van der Waals surface area contributed by atoms with Gasteiger partial charge in [-0.25, -0.2) is 0 Å². The minimum atomic E-state index is -0.124. The molecule has 2 unspecified atom stereocenters. The molecule has 0 saturated heterocycles. The Hall–Kier alpha value is -0.860. The second kappa shape index (κ2) is 4.79. The van der Waals surface area contributed by atoms with Crippen LogP contribution >= 0.6 is 0 Å². The van der Waals surface area contributed by atoms with Gasteiger partial charge in [-0.05, 0) is 31.9 Å². The van der Waals surface area contributed by atoms with E-state index in [0.29, 0.717) is 0 Å². The van der Waals surface area contributed by atoms with Gasteiger partial charge in [0.05, 0.1) is 5.54 Å². The molecule has 0 radical (unpaired) electrons. The van der Waals surface area contributed by atoms with E-state index in [0.717, 1.165) is 19.3 Å². The Morgan fingerprint density at radius 2 is 1.82 bits per heavy atom. The van der Waals surface area contributed by atoms with Crippen LogP contribution in [-0.4, -0.2) is 12.6 Å². The van der Waals surface area contributed by atoms with Crippen LogP contribution in [0.4, 0.5) is 0 Å². The Kier molecular flexibility index (Phi) is 3.55. The second-order valence-corrected chi connectivity index (χ2v) is 5.24. The normalized spacial score (nSPS) is 33.6. The summed E-state index contributed by atoms with van der Waals surface area (Å²) in [5.74, 6) is 0. The van der Waals surface area contributed by atoms with E-state index in [1.165, 1.54) is 18.4 Å². The number of nitrogens with one attached hydrogen (secondary N) is 1. The number of hydrogen-bond donors (Lipinski definition) is 2. The van der Waals surface area contributed by atoms with E-state index < -0.39 is 0 Å². The molecule has 2 atom stereocenters. The number of nitrogens with two attached hydrogens (primary N) is 1. The molecule has 3 N–H and O–H groups in total. The second-order valence-electron chi connectivity index (χ2n) is 5.24. The van der Waals surface area contributed by atoms with Crippen LogP contribution in [0.15, 0.2) is 30.3 Å². The van der Waals surface area contributed by atoms with Crippen LogP contribution in [0.3, 0.4) is 0 Å². The van der Waals surface area contributed by atoms with E-state index in [1.54, 1.807) is 0 Å². The zero-order valence-corrected chi connectivity index (χ0v) is 11.0. The van der Waals surface area contributed by atoms with Gasteiger partial charge in [0.15, 0.2) is 0 Å². The van der Waals surface area contributed by atoms with Crippen molar-refractivity contribution in [2.75, 3.05) is 7.05 Å². The van der Waals surface area contributed by atoms with Gasteiger partial charge in [0, 0.05) is 5.54 Å².